The topological polar surface area (TPSA) is 58.4 Å². The summed E-state index contributed by atoms with van der Waals surface area (Å²) in [6.07, 6.45) is 6.66. The lowest BCUT2D eigenvalue weighted by atomic mass is 9.97. The second-order valence-corrected chi connectivity index (χ2v) is 10.1. The summed E-state index contributed by atoms with van der Waals surface area (Å²) < 4.78 is 2.00. The number of thioether (sulfide) groups is 1. The molecule has 3 unspecified atom stereocenters. The van der Waals surface area contributed by atoms with Gasteiger partial charge in [0.1, 0.15) is 6.54 Å². The number of para-hydroxylation sites is 2. The van der Waals surface area contributed by atoms with Crippen LogP contribution in [0.15, 0.2) is 29.4 Å². The summed E-state index contributed by atoms with van der Waals surface area (Å²) in [4.78, 5) is 35.0. The number of imidazole rings is 1. The number of carbonyl (C=O) groups excluding carboxylic acids is 2. The maximum absolute atomic E-state index is 13.3. The minimum absolute atomic E-state index is 0.140. The molecule has 2 amide bonds. The number of piperidine rings is 2. The molecule has 0 bridgehead atoms. The van der Waals surface area contributed by atoms with Gasteiger partial charge in [-0.3, -0.25) is 9.59 Å². The molecule has 0 aliphatic carbocycles. The summed E-state index contributed by atoms with van der Waals surface area (Å²) in [7, 11) is 0. The molecule has 6 nitrogen and oxygen atoms in total. The number of likely N-dealkylation sites (tertiary alicyclic amines) is 2. The van der Waals surface area contributed by atoms with Gasteiger partial charge in [-0.25, -0.2) is 4.98 Å². The monoisotopic (exact) mass is 442 g/mol. The first kappa shape index (κ1) is 22.2. The van der Waals surface area contributed by atoms with Crippen LogP contribution in [0.1, 0.15) is 59.3 Å². The van der Waals surface area contributed by atoms with Crippen molar-refractivity contribution in [2.75, 3.05) is 12.3 Å². The van der Waals surface area contributed by atoms with E-state index in [1.807, 2.05) is 38.6 Å². The van der Waals surface area contributed by atoms with E-state index in [-0.39, 0.29) is 30.4 Å². The van der Waals surface area contributed by atoms with Gasteiger partial charge in [0.05, 0.1) is 16.8 Å². The Morgan fingerprint density at radius 2 is 1.68 bits per heavy atom. The fourth-order valence-electron chi connectivity index (χ4n) is 5.12. The predicted molar refractivity (Wildman–Crippen MR) is 125 cm³/mol. The molecule has 0 saturated carbocycles. The first-order valence-electron chi connectivity index (χ1n) is 11.6. The molecule has 168 valence electrons. The lowest BCUT2D eigenvalue weighted by Gasteiger charge is -2.39. The van der Waals surface area contributed by atoms with E-state index in [1.165, 1.54) is 24.6 Å². The van der Waals surface area contributed by atoms with Crippen molar-refractivity contribution in [3.63, 3.8) is 0 Å². The molecular weight excluding hydrogens is 408 g/mol. The Morgan fingerprint density at radius 3 is 2.42 bits per heavy atom. The third kappa shape index (κ3) is 4.76. The summed E-state index contributed by atoms with van der Waals surface area (Å²) in [5, 5.41) is 0.755. The molecule has 7 heteroatoms. The van der Waals surface area contributed by atoms with Crippen molar-refractivity contribution in [3.05, 3.63) is 24.3 Å². The van der Waals surface area contributed by atoms with Gasteiger partial charge in [0.15, 0.2) is 5.16 Å². The minimum atomic E-state index is 0.140. The van der Waals surface area contributed by atoms with Crippen LogP contribution in [-0.4, -0.2) is 61.6 Å². The fourth-order valence-corrected chi connectivity index (χ4v) is 6.02. The van der Waals surface area contributed by atoms with Crippen molar-refractivity contribution in [2.45, 2.75) is 89.1 Å². The second-order valence-electron chi connectivity index (χ2n) is 9.12. The minimum Gasteiger partial charge on any atom is -0.339 e. The molecular formula is C24H34N4O2S. The zero-order valence-electron chi connectivity index (χ0n) is 18.9. The van der Waals surface area contributed by atoms with Crippen molar-refractivity contribution >= 4 is 34.6 Å². The number of rotatable bonds is 5. The summed E-state index contributed by atoms with van der Waals surface area (Å²) in [5.41, 5.74) is 1.82. The molecule has 2 aliphatic rings. The van der Waals surface area contributed by atoms with E-state index >= 15 is 0 Å². The van der Waals surface area contributed by atoms with Gasteiger partial charge in [0.2, 0.25) is 11.8 Å². The molecule has 1 aromatic carbocycles. The molecule has 4 rings (SSSR count). The molecule has 31 heavy (non-hydrogen) atoms. The first-order valence-corrected chi connectivity index (χ1v) is 12.6. The van der Waals surface area contributed by atoms with Gasteiger partial charge in [-0.2, -0.15) is 0 Å². The quantitative estimate of drug-likeness (QED) is 0.647. The van der Waals surface area contributed by atoms with Crippen molar-refractivity contribution in [2.24, 2.45) is 0 Å². The van der Waals surface area contributed by atoms with E-state index in [0.717, 1.165) is 48.4 Å². The zero-order valence-corrected chi connectivity index (χ0v) is 19.7. The Balaban J connectivity index is 1.53. The molecule has 2 saturated heterocycles. The van der Waals surface area contributed by atoms with E-state index in [2.05, 4.69) is 20.8 Å². The zero-order chi connectivity index (χ0) is 22.0. The number of fused-ring (bicyclic) bond motifs is 1. The first-order chi connectivity index (χ1) is 15.0. The molecule has 0 N–H and O–H groups in total. The number of aromatic nitrogens is 2. The van der Waals surface area contributed by atoms with E-state index in [4.69, 9.17) is 4.98 Å². The van der Waals surface area contributed by atoms with Gasteiger partial charge >= 0.3 is 0 Å². The SMILES string of the molecule is CC1CCCCN1C(=O)CSc1nc2ccccc2n1CC(=O)N1C(C)CCCC1C. The van der Waals surface area contributed by atoms with E-state index in [9.17, 15) is 9.59 Å². The molecule has 0 radical (unpaired) electrons. The highest BCUT2D eigenvalue weighted by Gasteiger charge is 2.30. The van der Waals surface area contributed by atoms with Crippen LogP contribution in [0, 0.1) is 0 Å². The predicted octanol–water partition coefficient (Wildman–Crippen LogP) is 4.32. The molecule has 2 aromatic rings. The van der Waals surface area contributed by atoms with Gasteiger partial charge in [0, 0.05) is 24.7 Å². The number of benzene rings is 1. The highest BCUT2D eigenvalue weighted by atomic mass is 32.2. The van der Waals surface area contributed by atoms with Crippen LogP contribution in [0.2, 0.25) is 0 Å². The van der Waals surface area contributed by atoms with Gasteiger partial charge in [0.25, 0.3) is 0 Å². The third-order valence-corrected chi connectivity index (χ3v) is 7.80. The maximum atomic E-state index is 13.3. The van der Waals surface area contributed by atoms with Gasteiger partial charge in [-0.05, 0) is 71.4 Å². The van der Waals surface area contributed by atoms with Gasteiger partial charge < -0.3 is 14.4 Å². The summed E-state index contributed by atoms with van der Waals surface area (Å²) in [6.45, 7) is 7.55. The van der Waals surface area contributed by atoms with Crippen molar-refractivity contribution in [1.82, 2.24) is 19.4 Å². The van der Waals surface area contributed by atoms with Crippen LogP contribution in [0.3, 0.4) is 0 Å². The largest absolute Gasteiger partial charge is 0.339 e. The van der Waals surface area contributed by atoms with E-state index < -0.39 is 0 Å². The Bertz CT molecular complexity index is 933. The van der Waals surface area contributed by atoms with Crippen LogP contribution in [0.25, 0.3) is 11.0 Å². The van der Waals surface area contributed by atoms with E-state index in [0.29, 0.717) is 11.8 Å². The van der Waals surface area contributed by atoms with Crippen LogP contribution >= 0.6 is 11.8 Å². The number of hydrogen-bond donors (Lipinski definition) is 0. The van der Waals surface area contributed by atoms with Crippen molar-refractivity contribution in [1.29, 1.82) is 0 Å². The van der Waals surface area contributed by atoms with Gasteiger partial charge in [-0.1, -0.05) is 23.9 Å². The lowest BCUT2D eigenvalue weighted by Crippen LogP contribution is -2.48. The van der Waals surface area contributed by atoms with Gasteiger partial charge in [-0.15, -0.1) is 0 Å². The molecule has 0 spiro atoms. The molecule has 2 aliphatic heterocycles. The standard InChI is InChI=1S/C24H34N4O2S/c1-17-9-6-7-14-26(17)23(30)16-31-24-25-20-12-4-5-13-21(20)27(24)15-22(29)28-18(2)10-8-11-19(28)3/h4-5,12-13,17-19H,6-11,14-16H2,1-3H3. The normalized spacial score (nSPS) is 24.5. The number of amides is 2. The van der Waals surface area contributed by atoms with Crippen molar-refractivity contribution < 1.29 is 9.59 Å². The van der Waals surface area contributed by atoms with Crippen LogP contribution in [0.4, 0.5) is 0 Å². The number of nitrogens with zero attached hydrogens (tertiary/aromatic N) is 4. The number of carbonyl (C=O) groups is 2. The highest BCUT2D eigenvalue weighted by molar-refractivity contribution is 7.99. The summed E-state index contributed by atoms with van der Waals surface area (Å²) in [5.74, 6) is 0.666. The average molecular weight is 443 g/mol. The second kappa shape index (κ2) is 9.63. The lowest BCUT2D eigenvalue weighted by molar-refractivity contribution is -0.138. The Kier molecular flexibility index (Phi) is 6.89. The van der Waals surface area contributed by atoms with Crippen LogP contribution in [0.5, 0.6) is 0 Å². The highest BCUT2D eigenvalue weighted by Crippen LogP contribution is 2.28. The maximum Gasteiger partial charge on any atom is 0.243 e. The summed E-state index contributed by atoms with van der Waals surface area (Å²) >= 11 is 1.46. The number of hydrogen-bond acceptors (Lipinski definition) is 4. The Hall–Kier alpha value is -2.02. The summed E-state index contributed by atoms with van der Waals surface area (Å²) in [6, 6.07) is 8.77. The molecule has 2 fully saturated rings. The molecule has 3 atom stereocenters. The molecule has 1 aromatic heterocycles. The Morgan fingerprint density at radius 1 is 0.968 bits per heavy atom. The van der Waals surface area contributed by atoms with E-state index in [1.54, 1.807) is 0 Å². The van der Waals surface area contributed by atoms with Crippen molar-refractivity contribution in [3.8, 4) is 0 Å². The third-order valence-electron chi connectivity index (χ3n) is 6.84. The van der Waals surface area contributed by atoms with Crippen LogP contribution < -0.4 is 0 Å². The fraction of sp³-hybridized carbons (Fsp3) is 0.625. The molecule has 3 heterocycles. The Labute approximate surface area is 189 Å². The van der Waals surface area contributed by atoms with Crippen LogP contribution in [-0.2, 0) is 16.1 Å². The average Bonchev–Trinajstić information content (AvgIpc) is 3.09. The smallest absolute Gasteiger partial charge is 0.243 e.